The van der Waals surface area contributed by atoms with Gasteiger partial charge in [-0.2, -0.15) is 0 Å². The first kappa shape index (κ1) is 14.9. The predicted octanol–water partition coefficient (Wildman–Crippen LogP) is 4.03. The van der Waals surface area contributed by atoms with Crippen LogP contribution in [0.15, 0.2) is 24.3 Å². The summed E-state index contributed by atoms with van der Waals surface area (Å²) in [5, 5.41) is 12.8. The number of rotatable bonds is 3. The zero-order valence-corrected chi connectivity index (χ0v) is 13.2. The Hall–Kier alpha value is -1.46. The number of carbonyl (C=O) groups excluding carboxylic acids is 1. The standard InChI is InChI=1S/C14H16ClN3OS/c1-14(2,3)8-11-17-18-13(20-11)16-12(19)9-5-4-6-10(15)7-9/h4-7H,8H2,1-3H3,(H,16,18,19). The molecule has 0 unspecified atom stereocenters. The van der Waals surface area contributed by atoms with E-state index in [2.05, 4.69) is 36.3 Å². The third-order valence-corrected chi connectivity index (χ3v) is 3.53. The van der Waals surface area contributed by atoms with Gasteiger partial charge in [-0.3, -0.25) is 10.1 Å². The molecule has 2 rings (SSSR count). The smallest absolute Gasteiger partial charge is 0.257 e. The number of benzene rings is 1. The van der Waals surface area contributed by atoms with Gasteiger partial charge in [0.05, 0.1) is 0 Å². The van der Waals surface area contributed by atoms with Crippen LogP contribution in [0.3, 0.4) is 0 Å². The van der Waals surface area contributed by atoms with Crippen LogP contribution < -0.4 is 5.32 Å². The van der Waals surface area contributed by atoms with Crippen molar-refractivity contribution in [3.63, 3.8) is 0 Å². The first-order valence-corrected chi connectivity index (χ1v) is 7.42. The second-order valence-corrected chi connectivity index (χ2v) is 7.20. The summed E-state index contributed by atoms with van der Waals surface area (Å²) in [4.78, 5) is 12.0. The van der Waals surface area contributed by atoms with Gasteiger partial charge in [0.1, 0.15) is 5.01 Å². The molecular weight excluding hydrogens is 294 g/mol. The van der Waals surface area contributed by atoms with Crippen LogP contribution in [0.25, 0.3) is 0 Å². The third kappa shape index (κ3) is 4.28. The molecule has 0 aliphatic heterocycles. The van der Waals surface area contributed by atoms with Crippen molar-refractivity contribution in [2.24, 2.45) is 5.41 Å². The van der Waals surface area contributed by atoms with Crippen molar-refractivity contribution in [3.8, 4) is 0 Å². The van der Waals surface area contributed by atoms with Gasteiger partial charge in [-0.15, -0.1) is 10.2 Å². The van der Waals surface area contributed by atoms with E-state index in [0.29, 0.717) is 15.7 Å². The van der Waals surface area contributed by atoms with Gasteiger partial charge in [0.2, 0.25) is 5.13 Å². The number of halogens is 1. The number of aromatic nitrogens is 2. The molecule has 0 spiro atoms. The average molecular weight is 310 g/mol. The molecule has 4 nitrogen and oxygen atoms in total. The van der Waals surface area contributed by atoms with Crippen LogP contribution in [-0.2, 0) is 6.42 Å². The lowest BCUT2D eigenvalue weighted by Crippen LogP contribution is -2.11. The molecule has 0 radical (unpaired) electrons. The minimum absolute atomic E-state index is 0.147. The summed E-state index contributed by atoms with van der Waals surface area (Å²) in [5.41, 5.74) is 0.651. The van der Waals surface area contributed by atoms with Gasteiger partial charge in [-0.05, 0) is 23.6 Å². The molecule has 1 aromatic heterocycles. The SMILES string of the molecule is CC(C)(C)Cc1nnc(NC(=O)c2cccc(Cl)c2)s1. The van der Waals surface area contributed by atoms with Gasteiger partial charge in [-0.1, -0.05) is 49.8 Å². The molecule has 1 N–H and O–H groups in total. The summed E-state index contributed by atoms with van der Waals surface area (Å²) in [5.74, 6) is -0.231. The van der Waals surface area contributed by atoms with E-state index < -0.39 is 0 Å². The van der Waals surface area contributed by atoms with Gasteiger partial charge >= 0.3 is 0 Å². The number of nitrogens with one attached hydrogen (secondary N) is 1. The van der Waals surface area contributed by atoms with Crippen LogP contribution in [0.1, 0.15) is 36.1 Å². The monoisotopic (exact) mass is 309 g/mol. The molecule has 1 heterocycles. The van der Waals surface area contributed by atoms with Gasteiger partial charge in [-0.25, -0.2) is 0 Å². The maximum atomic E-state index is 12.0. The number of nitrogens with zero attached hydrogens (tertiary/aromatic N) is 2. The highest BCUT2D eigenvalue weighted by Crippen LogP contribution is 2.25. The Morgan fingerprint density at radius 3 is 2.75 bits per heavy atom. The summed E-state index contributed by atoms with van der Waals surface area (Å²) >= 11 is 7.26. The topological polar surface area (TPSA) is 54.9 Å². The molecule has 106 valence electrons. The van der Waals surface area contributed by atoms with E-state index >= 15 is 0 Å². The minimum Gasteiger partial charge on any atom is -0.296 e. The van der Waals surface area contributed by atoms with Crippen LogP contribution in [0.2, 0.25) is 5.02 Å². The first-order chi connectivity index (χ1) is 9.33. The minimum atomic E-state index is -0.231. The van der Waals surface area contributed by atoms with E-state index in [1.54, 1.807) is 24.3 Å². The summed E-state index contributed by atoms with van der Waals surface area (Å²) in [7, 11) is 0. The molecule has 0 fully saturated rings. The van der Waals surface area contributed by atoms with E-state index in [0.717, 1.165) is 11.4 Å². The molecule has 0 atom stereocenters. The molecule has 0 aliphatic rings. The molecule has 0 aliphatic carbocycles. The largest absolute Gasteiger partial charge is 0.296 e. The Balaban J connectivity index is 2.05. The fourth-order valence-electron chi connectivity index (χ4n) is 1.63. The fraction of sp³-hybridized carbons (Fsp3) is 0.357. The van der Waals surface area contributed by atoms with Crippen LogP contribution in [0.5, 0.6) is 0 Å². The maximum absolute atomic E-state index is 12.0. The molecule has 0 saturated carbocycles. The van der Waals surface area contributed by atoms with E-state index in [1.165, 1.54) is 11.3 Å². The number of hydrogen-bond donors (Lipinski definition) is 1. The average Bonchev–Trinajstić information content (AvgIpc) is 2.74. The molecule has 20 heavy (non-hydrogen) atoms. The van der Waals surface area contributed by atoms with Crippen molar-refractivity contribution in [3.05, 3.63) is 39.9 Å². The lowest BCUT2D eigenvalue weighted by Gasteiger charge is -2.14. The van der Waals surface area contributed by atoms with Crippen molar-refractivity contribution in [1.82, 2.24) is 10.2 Å². The number of carbonyl (C=O) groups is 1. The van der Waals surface area contributed by atoms with Gasteiger partial charge in [0.15, 0.2) is 0 Å². The highest BCUT2D eigenvalue weighted by atomic mass is 35.5. The van der Waals surface area contributed by atoms with Gasteiger partial charge in [0.25, 0.3) is 5.91 Å². The predicted molar refractivity (Wildman–Crippen MR) is 82.5 cm³/mol. The van der Waals surface area contributed by atoms with Gasteiger partial charge < -0.3 is 0 Å². The van der Waals surface area contributed by atoms with Crippen LogP contribution in [0.4, 0.5) is 5.13 Å². The Bertz CT molecular complexity index is 619. The van der Waals surface area contributed by atoms with E-state index in [-0.39, 0.29) is 11.3 Å². The summed E-state index contributed by atoms with van der Waals surface area (Å²) in [6.07, 6.45) is 0.831. The summed E-state index contributed by atoms with van der Waals surface area (Å²) in [6.45, 7) is 6.41. The van der Waals surface area contributed by atoms with Gasteiger partial charge in [0, 0.05) is 17.0 Å². The number of amides is 1. The van der Waals surface area contributed by atoms with Crippen LogP contribution in [0, 0.1) is 5.41 Å². The van der Waals surface area contributed by atoms with Crippen LogP contribution in [-0.4, -0.2) is 16.1 Å². The van der Waals surface area contributed by atoms with Crippen LogP contribution >= 0.6 is 22.9 Å². The third-order valence-electron chi connectivity index (χ3n) is 2.46. The lowest BCUT2D eigenvalue weighted by atomic mass is 9.93. The number of anilines is 1. The Labute approximate surface area is 127 Å². The first-order valence-electron chi connectivity index (χ1n) is 6.23. The molecule has 2 aromatic rings. The van der Waals surface area contributed by atoms with Crippen molar-refractivity contribution in [2.75, 3.05) is 5.32 Å². The molecule has 6 heteroatoms. The second kappa shape index (κ2) is 5.89. The van der Waals surface area contributed by atoms with E-state index in [4.69, 9.17) is 11.6 Å². The fourth-order valence-corrected chi connectivity index (χ4v) is 2.85. The van der Waals surface area contributed by atoms with Crippen molar-refractivity contribution in [1.29, 1.82) is 0 Å². The highest BCUT2D eigenvalue weighted by molar-refractivity contribution is 7.15. The summed E-state index contributed by atoms with van der Waals surface area (Å²) in [6, 6.07) is 6.79. The van der Waals surface area contributed by atoms with Crippen molar-refractivity contribution in [2.45, 2.75) is 27.2 Å². The summed E-state index contributed by atoms with van der Waals surface area (Å²) < 4.78 is 0. The lowest BCUT2D eigenvalue weighted by molar-refractivity contribution is 0.102. The molecule has 0 saturated heterocycles. The zero-order valence-electron chi connectivity index (χ0n) is 11.6. The highest BCUT2D eigenvalue weighted by Gasteiger charge is 2.16. The Morgan fingerprint density at radius 1 is 1.35 bits per heavy atom. The normalized spacial score (nSPS) is 11.4. The van der Waals surface area contributed by atoms with Crippen molar-refractivity contribution < 1.29 is 4.79 Å². The van der Waals surface area contributed by atoms with Crippen molar-refractivity contribution >= 4 is 34.0 Å². The molecular formula is C14H16ClN3OS. The Morgan fingerprint density at radius 2 is 2.10 bits per heavy atom. The van der Waals surface area contributed by atoms with E-state index in [1.807, 2.05) is 0 Å². The second-order valence-electron chi connectivity index (χ2n) is 5.70. The number of hydrogen-bond acceptors (Lipinski definition) is 4. The van der Waals surface area contributed by atoms with E-state index in [9.17, 15) is 4.79 Å². The Kier molecular flexibility index (Phi) is 4.40. The molecule has 1 amide bonds. The maximum Gasteiger partial charge on any atom is 0.257 e. The molecule has 1 aromatic carbocycles. The zero-order chi connectivity index (χ0) is 14.8. The quantitative estimate of drug-likeness (QED) is 0.931. The molecule has 0 bridgehead atoms.